The van der Waals surface area contributed by atoms with E-state index in [1.165, 1.54) is 16.6 Å². The maximum atomic E-state index is 12.1. The number of anilines is 1. The molecule has 1 aliphatic rings. The van der Waals surface area contributed by atoms with Gasteiger partial charge in [0.05, 0.1) is 11.2 Å². The average Bonchev–Trinajstić information content (AvgIpc) is 2.39. The molecule has 1 unspecified atom stereocenters. The van der Waals surface area contributed by atoms with Gasteiger partial charge in [-0.2, -0.15) is 16.9 Å². The van der Waals surface area contributed by atoms with Crippen molar-refractivity contribution in [3.05, 3.63) is 21.6 Å². The van der Waals surface area contributed by atoms with Crippen LogP contribution in [0, 0.1) is 12.3 Å². The third-order valence-electron chi connectivity index (χ3n) is 2.75. The number of nitrogens with zero attached hydrogens (tertiary/aromatic N) is 2. The third kappa shape index (κ3) is 3.01. The maximum Gasteiger partial charge on any atom is 0.292 e. The zero-order chi connectivity index (χ0) is 13.0. The maximum absolute atomic E-state index is 12.1. The normalized spacial score (nSPS) is 19.2. The van der Waals surface area contributed by atoms with E-state index in [4.69, 9.17) is 18.0 Å². The molecular weight excluding hydrogens is 270 g/mol. The van der Waals surface area contributed by atoms with Crippen molar-refractivity contribution in [2.75, 3.05) is 16.8 Å². The molecule has 96 valence electrons. The fourth-order valence-corrected chi connectivity index (χ4v) is 3.11. The van der Waals surface area contributed by atoms with Crippen LogP contribution < -0.4 is 10.9 Å². The van der Waals surface area contributed by atoms with Gasteiger partial charge >= 0.3 is 0 Å². The number of nitrogens with one attached hydrogen (secondary N) is 1. The van der Waals surface area contributed by atoms with Crippen molar-refractivity contribution in [1.29, 1.82) is 0 Å². The van der Waals surface area contributed by atoms with Crippen molar-refractivity contribution in [3.8, 4) is 12.3 Å². The van der Waals surface area contributed by atoms with Crippen molar-refractivity contribution in [2.24, 2.45) is 0 Å². The highest BCUT2D eigenvalue weighted by Gasteiger charge is 2.17. The van der Waals surface area contributed by atoms with E-state index in [1.807, 2.05) is 11.8 Å². The Hall–Kier alpha value is -1.12. The van der Waals surface area contributed by atoms with Crippen LogP contribution in [0.5, 0.6) is 0 Å². The highest BCUT2D eigenvalue weighted by Crippen LogP contribution is 2.22. The second-order valence-corrected chi connectivity index (χ2v) is 5.65. The topological polar surface area (TPSA) is 46.9 Å². The van der Waals surface area contributed by atoms with Gasteiger partial charge in [0.25, 0.3) is 5.56 Å². The molecule has 1 N–H and O–H groups in total. The second-order valence-electron chi connectivity index (χ2n) is 4.09. The van der Waals surface area contributed by atoms with Crippen LogP contribution in [0.4, 0.5) is 5.69 Å². The summed E-state index contributed by atoms with van der Waals surface area (Å²) in [6.07, 6.45) is 8.86. The number of hydrogen-bond acceptors (Lipinski definition) is 4. The van der Waals surface area contributed by atoms with E-state index in [2.05, 4.69) is 16.3 Å². The molecule has 1 saturated heterocycles. The molecule has 4 nitrogen and oxygen atoms in total. The lowest BCUT2D eigenvalue weighted by Gasteiger charge is -2.23. The molecule has 0 aliphatic carbocycles. The van der Waals surface area contributed by atoms with E-state index < -0.39 is 0 Å². The Morgan fingerprint density at radius 3 is 3.22 bits per heavy atom. The fraction of sp³-hybridized carbons (Fsp3) is 0.500. The number of halogens is 1. The molecule has 2 heterocycles. The minimum atomic E-state index is -0.254. The molecule has 1 aliphatic heterocycles. The van der Waals surface area contributed by atoms with Gasteiger partial charge in [-0.1, -0.05) is 17.5 Å². The van der Waals surface area contributed by atoms with Crippen LogP contribution in [0.15, 0.2) is 11.0 Å². The summed E-state index contributed by atoms with van der Waals surface area (Å²) in [5, 5.41) is 7.48. The van der Waals surface area contributed by atoms with Gasteiger partial charge in [0, 0.05) is 11.8 Å². The second kappa shape index (κ2) is 6.17. The number of hydrogen-bond donors (Lipinski definition) is 1. The van der Waals surface area contributed by atoms with Gasteiger partial charge in [-0.05, 0) is 18.6 Å². The predicted molar refractivity (Wildman–Crippen MR) is 76.3 cm³/mol. The van der Waals surface area contributed by atoms with Gasteiger partial charge in [0.15, 0.2) is 0 Å². The Bertz CT molecular complexity index is 517. The van der Waals surface area contributed by atoms with Gasteiger partial charge in [-0.25, -0.2) is 4.68 Å². The van der Waals surface area contributed by atoms with E-state index in [0.717, 1.165) is 18.6 Å². The van der Waals surface area contributed by atoms with Crippen molar-refractivity contribution in [1.82, 2.24) is 9.78 Å². The zero-order valence-corrected chi connectivity index (χ0v) is 11.4. The summed E-state index contributed by atoms with van der Waals surface area (Å²) in [5.41, 5.74) is 0.158. The molecule has 0 saturated carbocycles. The monoisotopic (exact) mass is 283 g/mol. The zero-order valence-electron chi connectivity index (χ0n) is 9.86. The molecule has 1 aromatic heterocycles. The van der Waals surface area contributed by atoms with Gasteiger partial charge in [-0.15, -0.1) is 6.42 Å². The summed E-state index contributed by atoms with van der Waals surface area (Å²) < 4.78 is 1.24. The summed E-state index contributed by atoms with van der Waals surface area (Å²) in [7, 11) is 0. The van der Waals surface area contributed by atoms with Crippen LogP contribution in [-0.4, -0.2) is 27.3 Å². The molecule has 0 aromatic carbocycles. The summed E-state index contributed by atoms with van der Waals surface area (Å²) in [6.45, 7) is 0.157. The molecule has 18 heavy (non-hydrogen) atoms. The minimum Gasteiger partial charge on any atom is -0.376 e. The van der Waals surface area contributed by atoms with E-state index in [-0.39, 0.29) is 18.1 Å². The molecular formula is C12H14ClN3OS. The predicted octanol–water partition coefficient (Wildman–Crippen LogP) is 1.84. The standard InChI is InChI=1S/C12H14ClN3OS/c1-2-5-16-12(17)11(10(13)7-14-16)15-9-4-3-6-18-8-9/h1,7,9,15H,3-6,8H2. The highest BCUT2D eigenvalue weighted by atomic mass is 35.5. The minimum absolute atomic E-state index is 0.157. The molecule has 0 amide bonds. The Kier molecular flexibility index (Phi) is 4.56. The third-order valence-corrected chi connectivity index (χ3v) is 4.25. The first-order chi connectivity index (χ1) is 8.72. The van der Waals surface area contributed by atoms with Crippen LogP contribution in [-0.2, 0) is 6.54 Å². The van der Waals surface area contributed by atoms with Crippen LogP contribution in [0.1, 0.15) is 12.8 Å². The molecule has 2 rings (SSSR count). The van der Waals surface area contributed by atoms with Gasteiger partial charge in [-0.3, -0.25) is 4.79 Å². The molecule has 0 spiro atoms. The summed E-state index contributed by atoms with van der Waals surface area (Å²) in [5.74, 6) is 4.58. The van der Waals surface area contributed by atoms with Crippen molar-refractivity contribution in [3.63, 3.8) is 0 Å². The summed E-state index contributed by atoms with van der Waals surface area (Å²) in [6, 6.07) is 0.288. The number of thioether (sulfide) groups is 1. The van der Waals surface area contributed by atoms with Crippen molar-refractivity contribution >= 4 is 29.1 Å². The van der Waals surface area contributed by atoms with Gasteiger partial charge < -0.3 is 5.32 Å². The average molecular weight is 284 g/mol. The molecule has 0 radical (unpaired) electrons. The lowest BCUT2D eigenvalue weighted by Crippen LogP contribution is -2.32. The quantitative estimate of drug-likeness (QED) is 0.860. The first-order valence-corrected chi connectivity index (χ1v) is 7.29. The Morgan fingerprint density at radius 1 is 1.72 bits per heavy atom. The smallest absolute Gasteiger partial charge is 0.292 e. The largest absolute Gasteiger partial charge is 0.376 e. The molecule has 0 bridgehead atoms. The SMILES string of the molecule is C#CCn1ncc(Cl)c(NC2CCCSC2)c1=O. The first kappa shape index (κ1) is 13.3. The van der Waals surface area contributed by atoms with Crippen LogP contribution in [0.2, 0.25) is 5.02 Å². The Balaban J connectivity index is 2.23. The summed E-state index contributed by atoms with van der Waals surface area (Å²) >= 11 is 7.91. The molecule has 6 heteroatoms. The van der Waals surface area contributed by atoms with E-state index in [9.17, 15) is 4.79 Å². The Labute approximate surface area is 115 Å². The molecule has 1 atom stereocenters. The van der Waals surface area contributed by atoms with Crippen molar-refractivity contribution < 1.29 is 0 Å². The van der Waals surface area contributed by atoms with Crippen LogP contribution in [0.25, 0.3) is 0 Å². The molecule has 1 fully saturated rings. The lowest BCUT2D eigenvalue weighted by molar-refractivity contribution is 0.651. The highest BCUT2D eigenvalue weighted by molar-refractivity contribution is 7.99. The van der Waals surface area contributed by atoms with E-state index >= 15 is 0 Å². The van der Waals surface area contributed by atoms with Gasteiger partial charge in [0.1, 0.15) is 12.2 Å². The first-order valence-electron chi connectivity index (χ1n) is 5.75. The summed E-state index contributed by atoms with van der Waals surface area (Å²) in [4.78, 5) is 12.1. The molecule has 1 aromatic rings. The van der Waals surface area contributed by atoms with Crippen molar-refractivity contribution in [2.45, 2.75) is 25.4 Å². The van der Waals surface area contributed by atoms with Crippen LogP contribution >= 0.6 is 23.4 Å². The van der Waals surface area contributed by atoms with Gasteiger partial charge in [0.2, 0.25) is 0 Å². The number of aromatic nitrogens is 2. The van der Waals surface area contributed by atoms with Crippen LogP contribution in [0.3, 0.4) is 0 Å². The number of terminal acetylenes is 1. The fourth-order valence-electron chi connectivity index (χ4n) is 1.86. The number of rotatable bonds is 3. The Morgan fingerprint density at radius 2 is 2.56 bits per heavy atom. The lowest BCUT2D eigenvalue weighted by atomic mass is 10.2. The van der Waals surface area contributed by atoms with E-state index in [1.54, 1.807) is 0 Å². The van der Waals surface area contributed by atoms with E-state index in [0.29, 0.717) is 10.7 Å².